The number of hydrogen-bond donors (Lipinski definition) is 3. The zero-order valence-corrected chi connectivity index (χ0v) is 21.1. The summed E-state index contributed by atoms with van der Waals surface area (Å²) < 4.78 is 5.69. The monoisotopic (exact) mass is 480 g/mol. The van der Waals surface area contributed by atoms with Crippen molar-refractivity contribution in [2.75, 3.05) is 13.2 Å². The van der Waals surface area contributed by atoms with Crippen LogP contribution < -0.4 is 10.6 Å². The quantitative estimate of drug-likeness (QED) is 0.453. The molecule has 0 fully saturated rings. The Bertz CT molecular complexity index is 1030. The molecule has 0 aromatic heterocycles. The van der Waals surface area contributed by atoms with Gasteiger partial charge in [0.05, 0.1) is 5.41 Å². The fraction of sp³-hybridized carbons (Fsp3) is 0.464. The van der Waals surface area contributed by atoms with Crippen molar-refractivity contribution in [2.45, 2.75) is 53.0 Å². The van der Waals surface area contributed by atoms with Gasteiger partial charge in [0.15, 0.2) is 0 Å². The Labute approximate surface area is 207 Å². The third-order valence-corrected chi connectivity index (χ3v) is 6.78. The number of carboxylic acids is 1. The standard InChI is InChI=1S/C28H36N2O5/c1-17(2)25(28(4,5)26(33)29-15-18(3)14-24(31)32)30-27(34)35-16-23-21-12-8-6-10-19(21)20-11-7-9-13-22(20)23/h6-13,17-18,23,25H,14-16H2,1-5H3,(H,29,33)(H,30,34)(H,31,32). The van der Waals surface area contributed by atoms with E-state index in [2.05, 4.69) is 34.9 Å². The zero-order chi connectivity index (χ0) is 25.8. The van der Waals surface area contributed by atoms with Crippen LogP contribution in [0.5, 0.6) is 0 Å². The van der Waals surface area contributed by atoms with Crippen molar-refractivity contribution in [1.29, 1.82) is 0 Å². The molecule has 0 radical (unpaired) electrons. The van der Waals surface area contributed by atoms with Crippen LogP contribution in [0.1, 0.15) is 58.1 Å². The van der Waals surface area contributed by atoms with Gasteiger partial charge in [0.25, 0.3) is 0 Å². The number of carboxylic acid groups (broad SMARTS) is 1. The number of carbonyl (C=O) groups is 3. The van der Waals surface area contributed by atoms with Gasteiger partial charge in [-0.15, -0.1) is 0 Å². The van der Waals surface area contributed by atoms with Gasteiger partial charge in [0.1, 0.15) is 6.61 Å². The molecule has 0 saturated carbocycles. The number of benzene rings is 2. The van der Waals surface area contributed by atoms with E-state index in [1.165, 1.54) is 0 Å². The predicted octanol–water partition coefficient (Wildman–Crippen LogP) is 4.80. The van der Waals surface area contributed by atoms with Crippen molar-refractivity contribution in [3.05, 3.63) is 59.7 Å². The van der Waals surface area contributed by atoms with Crippen LogP contribution in [0.4, 0.5) is 4.79 Å². The number of aliphatic carboxylic acids is 1. The van der Waals surface area contributed by atoms with Crippen molar-refractivity contribution in [3.8, 4) is 11.1 Å². The Morgan fingerprint density at radius 2 is 1.51 bits per heavy atom. The summed E-state index contributed by atoms with van der Waals surface area (Å²) >= 11 is 0. The summed E-state index contributed by atoms with van der Waals surface area (Å²) in [5, 5.41) is 14.7. The SMILES string of the molecule is CC(CNC(=O)C(C)(C)C(NC(=O)OCC1c2ccccc2-c2ccccc21)C(C)C)CC(=O)O. The maximum atomic E-state index is 13.0. The zero-order valence-electron chi connectivity index (χ0n) is 21.1. The highest BCUT2D eigenvalue weighted by molar-refractivity contribution is 5.84. The molecule has 2 aromatic carbocycles. The van der Waals surface area contributed by atoms with Crippen molar-refractivity contribution < 1.29 is 24.2 Å². The van der Waals surface area contributed by atoms with E-state index in [0.29, 0.717) is 0 Å². The molecule has 2 unspecified atom stereocenters. The molecule has 0 aliphatic heterocycles. The molecule has 1 aliphatic rings. The van der Waals surface area contributed by atoms with Gasteiger partial charge in [0.2, 0.25) is 5.91 Å². The largest absolute Gasteiger partial charge is 0.481 e. The Hall–Kier alpha value is -3.35. The number of carbonyl (C=O) groups excluding carboxylic acids is 2. The lowest BCUT2D eigenvalue weighted by Gasteiger charge is -2.36. The van der Waals surface area contributed by atoms with Crippen molar-refractivity contribution in [1.82, 2.24) is 10.6 Å². The third-order valence-electron chi connectivity index (χ3n) is 6.78. The lowest BCUT2D eigenvalue weighted by atomic mass is 9.77. The van der Waals surface area contributed by atoms with Gasteiger partial charge in [-0.05, 0) is 47.9 Å². The Kier molecular flexibility index (Phi) is 8.20. The van der Waals surface area contributed by atoms with Crippen LogP contribution >= 0.6 is 0 Å². The first-order chi connectivity index (χ1) is 16.5. The Morgan fingerprint density at radius 1 is 0.971 bits per heavy atom. The van der Waals surface area contributed by atoms with E-state index in [-0.39, 0.29) is 43.2 Å². The maximum absolute atomic E-state index is 13.0. The number of hydrogen-bond acceptors (Lipinski definition) is 4. The van der Waals surface area contributed by atoms with Crippen molar-refractivity contribution in [2.24, 2.45) is 17.3 Å². The first kappa shape index (κ1) is 26.3. The summed E-state index contributed by atoms with van der Waals surface area (Å²) in [6, 6.07) is 15.8. The topological polar surface area (TPSA) is 105 Å². The summed E-state index contributed by atoms with van der Waals surface area (Å²) in [4.78, 5) is 36.7. The molecule has 2 amide bonds. The van der Waals surface area contributed by atoms with Crippen LogP contribution in [-0.4, -0.2) is 42.3 Å². The minimum absolute atomic E-state index is 0.0215. The number of nitrogens with one attached hydrogen (secondary N) is 2. The van der Waals surface area contributed by atoms with E-state index in [9.17, 15) is 14.4 Å². The second-order valence-electron chi connectivity index (χ2n) is 10.3. The van der Waals surface area contributed by atoms with E-state index >= 15 is 0 Å². The van der Waals surface area contributed by atoms with Gasteiger partial charge in [-0.25, -0.2) is 4.79 Å². The predicted molar refractivity (Wildman–Crippen MR) is 135 cm³/mol. The normalized spacial score (nSPS) is 14.6. The Balaban J connectivity index is 1.64. The molecule has 35 heavy (non-hydrogen) atoms. The second-order valence-corrected chi connectivity index (χ2v) is 10.3. The van der Waals surface area contributed by atoms with E-state index in [1.807, 2.05) is 38.1 Å². The fourth-order valence-corrected chi connectivity index (χ4v) is 4.95. The smallest absolute Gasteiger partial charge is 0.407 e. The number of rotatable bonds is 10. The molecule has 0 saturated heterocycles. The molecule has 1 aliphatic carbocycles. The number of alkyl carbamates (subject to hydrolysis) is 1. The molecule has 7 heteroatoms. The average molecular weight is 481 g/mol. The molecule has 7 nitrogen and oxygen atoms in total. The number of amides is 2. The fourth-order valence-electron chi connectivity index (χ4n) is 4.95. The molecule has 3 rings (SSSR count). The molecule has 0 heterocycles. The van der Waals surface area contributed by atoms with Crippen LogP contribution in [0, 0.1) is 17.3 Å². The summed E-state index contributed by atoms with van der Waals surface area (Å²) in [6.07, 6.45) is -0.586. The van der Waals surface area contributed by atoms with E-state index < -0.39 is 23.5 Å². The van der Waals surface area contributed by atoms with Crippen LogP contribution in [0.2, 0.25) is 0 Å². The van der Waals surface area contributed by atoms with E-state index in [1.54, 1.807) is 20.8 Å². The van der Waals surface area contributed by atoms with E-state index in [4.69, 9.17) is 9.84 Å². The lowest BCUT2D eigenvalue weighted by Crippen LogP contribution is -2.55. The summed E-state index contributed by atoms with van der Waals surface area (Å²) in [5.74, 6) is -1.42. The van der Waals surface area contributed by atoms with Crippen LogP contribution in [0.25, 0.3) is 11.1 Å². The average Bonchev–Trinajstić information content (AvgIpc) is 3.12. The van der Waals surface area contributed by atoms with Gasteiger partial charge in [-0.2, -0.15) is 0 Å². The highest BCUT2D eigenvalue weighted by Crippen LogP contribution is 2.44. The summed E-state index contributed by atoms with van der Waals surface area (Å²) in [5.41, 5.74) is 3.66. The molecule has 2 aromatic rings. The first-order valence-electron chi connectivity index (χ1n) is 12.1. The maximum Gasteiger partial charge on any atom is 0.407 e. The summed E-state index contributed by atoms with van der Waals surface area (Å²) in [6.45, 7) is 9.66. The minimum atomic E-state index is -0.928. The molecule has 2 atom stereocenters. The molecular formula is C28H36N2O5. The van der Waals surface area contributed by atoms with E-state index in [0.717, 1.165) is 22.3 Å². The summed E-state index contributed by atoms with van der Waals surface area (Å²) in [7, 11) is 0. The molecule has 3 N–H and O–H groups in total. The number of ether oxygens (including phenoxy) is 1. The van der Waals surface area contributed by atoms with Gasteiger partial charge in [-0.3, -0.25) is 9.59 Å². The van der Waals surface area contributed by atoms with Gasteiger partial charge in [0, 0.05) is 24.9 Å². The van der Waals surface area contributed by atoms with Gasteiger partial charge >= 0.3 is 12.1 Å². The molecule has 188 valence electrons. The van der Waals surface area contributed by atoms with Gasteiger partial charge in [-0.1, -0.05) is 69.3 Å². The second kappa shape index (κ2) is 10.9. The van der Waals surface area contributed by atoms with Crippen molar-refractivity contribution >= 4 is 18.0 Å². The van der Waals surface area contributed by atoms with Crippen LogP contribution in [0.3, 0.4) is 0 Å². The van der Waals surface area contributed by atoms with Crippen LogP contribution in [-0.2, 0) is 14.3 Å². The minimum Gasteiger partial charge on any atom is -0.481 e. The Morgan fingerprint density at radius 3 is 2.03 bits per heavy atom. The third kappa shape index (κ3) is 6.02. The van der Waals surface area contributed by atoms with Gasteiger partial charge < -0.3 is 20.5 Å². The molecular weight excluding hydrogens is 444 g/mol. The lowest BCUT2D eigenvalue weighted by molar-refractivity contribution is -0.138. The molecule has 0 bridgehead atoms. The highest BCUT2D eigenvalue weighted by Gasteiger charge is 2.40. The molecule has 0 spiro atoms. The number of fused-ring (bicyclic) bond motifs is 3. The van der Waals surface area contributed by atoms with Crippen LogP contribution in [0.15, 0.2) is 48.5 Å². The van der Waals surface area contributed by atoms with Crippen molar-refractivity contribution in [3.63, 3.8) is 0 Å². The first-order valence-corrected chi connectivity index (χ1v) is 12.1. The highest BCUT2D eigenvalue weighted by atomic mass is 16.5.